The number of hydrogen-bond donors (Lipinski definition) is 1. The highest BCUT2D eigenvalue weighted by atomic mass is 16.5. The third kappa shape index (κ3) is 2.80. The second-order valence-electron chi connectivity index (χ2n) is 3.24. The van der Waals surface area contributed by atoms with Crippen molar-refractivity contribution in [3.8, 4) is 5.88 Å². The van der Waals surface area contributed by atoms with E-state index in [0.29, 0.717) is 19.0 Å². The van der Waals surface area contributed by atoms with Gasteiger partial charge in [-0.3, -0.25) is 4.98 Å². The zero-order valence-corrected chi connectivity index (χ0v) is 9.01. The third-order valence-electron chi connectivity index (χ3n) is 1.98. The molecule has 16 heavy (non-hydrogen) atoms. The molecule has 0 radical (unpaired) electrons. The van der Waals surface area contributed by atoms with Gasteiger partial charge in [0, 0.05) is 6.54 Å². The number of rotatable bonds is 5. The maximum atomic E-state index is 5.40. The molecule has 0 amide bonds. The molecule has 2 rings (SSSR count). The van der Waals surface area contributed by atoms with Crippen LogP contribution in [0.15, 0.2) is 35.2 Å². The molecule has 0 saturated heterocycles. The van der Waals surface area contributed by atoms with Crippen molar-refractivity contribution in [1.82, 2.24) is 15.3 Å². The minimum absolute atomic E-state index is 0.368. The second kappa shape index (κ2) is 5.27. The Morgan fingerprint density at radius 3 is 2.94 bits per heavy atom. The van der Waals surface area contributed by atoms with Crippen LogP contribution < -0.4 is 10.1 Å². The first-order chi connectivity index (χ1) is 7.88. The molecule has 5 heteroatoms. The Morgan fingerprint density at radius 1 is 1.38 bits per heavy atom. The van der Waals surface area contributed by atoms with E-state index in [4.69, 9.17) is 9.15 Å². The van der Waals surface area contributed by atoms with Crippen molar-refractivity contribution >= 4 is 0 Å². The first-order valence-electron chi connectivity index (χ1n) is 4.99. The van der Waals surface area contributed by atoms with Crippen LogP contribution in [-0.2, 0) is 13.2 Å². The SMILES string of the molecule is CNCc1cnc(OCc2ccco2)cn1. The van der Waals surface area contributed by atoms with E-state index < -0.39 is 0 Å². The average Bonchev–Trinajstić information content (AvgIpc) is 2.82. The molecule has 0 atom stereocenters. The maximum Gasteiger partial charge on any atom is 0.232 e. The molecular formula is C11H13N3O2. The summed E-state index contributed by atoms with van der Waals surface area (Å²) >= 11 is 0. The van der Waals surface area contributed by atoms with Crippen LogP contribution in [0.25, 0.3) is 0 Å². The van der Waals surface area contributed by atoms with E-state index in [1.165, 1.54) is 0 Å². The highest BCUT2D eigenvalue weighted by Gasteiger charge is 2.00. The lowest BCUT2D eigenvalue weighted by Gasteiger charge is -2.03. The summed E-state index contributed by atoms with van der Waals surface area (Å²) in [6.07, 6.45) is 4.91. The molecule has 84 valence electrons. The predicted octanol–water partition coefficient (Wildman–Crippen LogP) is 1.37. The highest BCUT2D eigenvalue weighted by Crippen LogP contribution is 2.08. The molecule has 2 aromatic rings. The number of hydrogen-bond acceptors (Lipinski definition) is 5. The van der Waals surface area contributed by atoms with Crippen LogP contribution in [-0.4, -0.2) is 17.0 Å². The summed E-state index contributed by atoms with van der Waals surface area (Å²) in [5.74, 6) is 1.26. The summed E-state index contributed by atoms with van der Waals surface area (Å²) in [4.78, 5) is 8.32. The van der Waals surface area contributed by atoms with Crippen LogP contribution in [0.4, 0.5) is 0 Å². The van der Waals surface area contributed by atoms with Crippen LogP contribution >= 0.6 is 0 Å². The molecule has 0 aromatic carbocycles. The summed E-state index contributed by atoms with van der Waals surface area (Å²) < 4.78 is 10.5. The maximum absolute atomic E-state index is 5.40. The smallest absolute Gasteiger partial charge is 0.232 e. The molecule has 0 fully saturated rings. The Hall–Kier alpha value is -1.88. The molecular weight excluding hydrogens is 206 g/mol. The van der Waals surface area contributed by atoms with Gasteiger partial charge in [-0.25, -0.2) is 4.98 Å². The summed E-state index contributed by atoms with van der Waals surface area (Å²) in [5, 5.41) is 3.00. The topological polar surface area (TPSA) is 60.2 Å². The Kier molecular flexibility index (Phi) is 3.50. The number of aromatic nitrogens is 2. The van der Waals surface area contributed by atoms with Crippen LogP contribution in [0, 0.1) is 0 Å². The summed E-state index contributed by atoms with van der Waals surface area (Å²) in [5.41, 5.74) is 0.882. The lowest BCUT2D eigenvalue weighted by molar-refractivity contribution is 0.259. The van der Waals surface area contributed by atoms with E-state index in [0.717, 1.165) is 11.5 Å². The molecule has 2 heterocycles. The Balaban J connectivity index is 1.90. The van der Waals surface area contributed by atoms with Crippen molar-refractivity contribution in [2.24, 2.45) is 0 Å². The van der Waals surface area contributed by atoms with Gasteiger partial charge in [0.15, 0.2) is 0 Å². The van der Waals surface area contributed by atoms with E-state index in [9.17, 15) is 0 Å². The normalized spacial score (nSPS) is 10.3. The van der Waals surface area contributed by atoms with Crippen molar-refractivity contribution in [3.63, 3.8) is 0 Å². The molecule has 0 aliphatic carbocycles. The first kappa shape index (κ1) is 10.6. The van der Waals surface area contributed by atoms with Gasteiger partial charge in [0.2, 0.25) is 5.88 Å². The number of nitrogens with zero attached hydrogens (tertiary/aromatic N) is 2. The highest BCUT2D eigenvalue weighted by molar-refractivity contribution is 5.08. The number of ether oxygens (including phenoxy) is 1. The molecule has 0 saturated carbocycles. The molecule has 0 aliphatic heterocycles. The molecule has 5 nitrogen and oxygen atoms in total. The predicted molar refractivity (Wildman–Crippen MR) is 57.8 cm³/mol. The van der Waals surface area contributed by atoms with Gasteiger partial charge in [0.1, 0.15) is 12.4 Å². The van der Waals surface area contributed by atoms with Crippen LogP contribution in [0.1, 0.15) is 11.5 Å². The fraction of sp³-hybridized carbons (Fsp3) is 0.273. The average molecular weight is 219 g/mol. The van der Waals surface area contributed by atoms with E-state index in [1.54, 1.807) is 18.7 Å². The zero-order chi connectivity index (χ0) is 11.2. The Labute approximate surface area is 93.5 Å². The van der Waals surface area contributed by atoms with Crippen LogP contribution in [0.5, 0.6) is 5.88 Å². The fourth-order valence-electron chi connectivity index (χ4n) is 1.23. The van der Waals surface area contributed by atoms with Gasteiger partial charge in [0.25, 0.3) is 0 Å². The van der Waals surface area contributed by atoms with Crippen molar-refractivity contribution in [3.05, 3.63) is 42.2 Å². The zero-order valence-electron chi connectivity index (χ0n) is 9.01. The van der Waals surface area contributed by atoms with Gasteiger partial charge < -0.3 is 14.5 Å². The molecule has 2 aromatic heterocycles. The van der Waals surface area contributed by atoms with Crippen molar-refractivity contribution in [1.29, 1.82) is 0 Å². The monoisotopic (exact) mass is 219 g/mol. The molecule has 1 N–H and O–H groups in total. The van der Waals surface area contributed by atoms with Gasteiger partial charge in [0.05, 0.1) is 24.4 Å². The Morgan fingerprint density at radius 2 is 2.31 bits per heavy atom. The van der Waals surface area contributed by atoms with E-state index in [1.807, 2.05) is 19.2 Å². The van der Waals surface area contributed by atoms with Crippen molar-refractivity contribution in [2.75, 3.05) is 7.05 Å². The number of nitrogens with one attached hydrogen (secondary N) is 1. The lowest BCUT2D eigenvalue weighted by atomic mass is 10.4. The fourth-order valence-corrected chi connectivity index (χ4v) is 1.23. The summed E-state index contributed by atoms with van der Waals surface area (Å²) in [6.45, 7) is 1.07. The molecule has 0 bridgehead atoms. The van der Waals surface area contributed by atoms with E-state index >= 15 is 0 Å². The number of furan rings is 1. The molecule has 0 spiro atoms. The quantitative estimate of drug-likeness (QED) is 0.822. The molecule has 0 unspecified atom stereocenters. The van der Waals surface area contributed by atoms with Gasteiger partial charge in [-0.05, 0) is 19.2 Å². The van der Waals surface area contributed by atoms with Crippen molar-refractivity contribution in [2.45, 2.75) is 13.2 Å². The van der Waals surface area contributed by atoms with Crippen LogP contribution in [0.2, 0.25) is 0 Å². The van der Waals surface area contributed by atoms with Crippen molar-refractivity contribution < 1.29 is 9.15 Å². The van der Waals surface area contributed by atoms with E-state index in [-0.39, 0.29) is 0 Å². The van der Waals surface area contributed by atoms with Gasteiger partial charge >= 0.3 is 0 Å². The third-order valence-corrected chi connectivity index (χ3v) is 1.98. The standard InChI is InChI=1S/C11H13N3O2/c1-12-5-9-6-14-11(7-13-9)16-8-10-3-2-4-15-10/h2-4,6-7,12H,5,8H2,1H3. The minimum atomic E-state index is 0.368. The molecule has 0 aliphatic rings. The first-order valence-corrected chi connectivity index (χ1v) is 4.99. The summed E-state index contributed by atoms with van der Waals surface area (Å²) in [6, 6.07) is 3.67. The van der Waals surface area contributed by atoms with Gasteiger partial charge in [-0.15, -0.1) is 0 Å². The minimum Gasteiger partial charge on any atom is -0.468 e. The van der Waals surface area contributed by atoms with Gasteiger partial charge in [-0.2, -0.15) is 0 Å². The summed E-state index contributed by atoms with van der Waals surface area (Å²) in [7, 11) is 1.86. The second-order valence-corrected chi connectivity index (χ2v) is 3.24. The lowest BCUT2D eigenvalue weighted by Crippen LogP contribution is -2.07. The van der Waals surface area contributed by atoms with Crippen LogP contribution in [0.3, 0.4) is 0 Å². The van der Waals surface area contributed by atoms with E-state index in [2.05, 4.69) is 15.3 Å². The Bertz CT molecular complexity index is 411. The largest absolute Gasteiger partial charge is 0.468 e. The van der Waals surface area contributed by atoms with Gasteiger partial charge in [-0.1, -0.05) is 0 Å².